The molecule has 0 aliphatic heterocycles. The number of hydrogen-bond donors (Lipinski definition) is 0. The minimum absolute atomic E-state index is 1.14. The Kier molecular flexibility index (Phi) is 4.72. The van der Waals surface area contributed by atoms with E-state index in [0.717, 1.165) is 5.56 Å². The van der Waals surface area contributed by atoms with Gasteiger partial charge < -0.3 is 0 Å². The molecule has 0 atom stereocenters. The predicted molar refractivity (Wildman–Crippen MR) is 118 cm³/mol. The molecule has 4 aromatic carbocycles. The lowest BCUT2D eigenvalue weighted by molar-refractivity contribution is 1.47. The van der Waals surface area contributed by atoms with Crippen molar-refractivity contribution in [2.45, 2.75) is 6.92 Å². The van der Waals surface area contributed by atoms with Crippen LogP contribution in [0.15, 0.2) is 104 Å². The molecule has 0 heterocycles. The van der Waals surface area contributed by atoms with Gasteiger partial charge in [-0.25, -0.2) is 0 Å². The summed E-state index contributed by atoms with van der Waals surface area (Å²) in [7, 11) is 0. The number of hydrogen-bond acceptors (Lipinski definition) is 0. The van der Waals surface area contributed by atoms with Crippen LogP contribution in [0.25, 0.3) is 39.5 Å². The van der Waals surface area contributed by atoms with Crippen molar-refractivity contribution in [2.24, 2.45) is 0 Å². The maximum atomic E-state index is 3.83. The third-order valence-corrected chi connectivity index (χ3v) is 4.89. The highest BCUT2D eigenvalue weighted by Crippen LogP contribution is 2.30. The Morgan fingerprint density at radius 2 is 0.963 bits per heavy atom. The maximum Gasteiger partial charge on any atom is -0.0178 e. The molecule has 0 heteroatoms. The molecular formula is C27H22. The summed E-state index contributed by atoms with van der Waals surface area (Å²) >= 11 is 0. The average molecular weight is 346 g/mol. The van der Waals surface area contributed by atoms with E-state index in [1.165, 1.54) is 38.9 Å². The lowest BCUT2D eigenvalue weighted by Crippen LogP contribution is -1.84. The molecule has 27 heavy (non-hydrogen) atoms. The Balaban J connectivity index is 1.71. The van der Waals surface area contributed by atoms with Gasteiger partial charge in [0.05, 0.1) is 0 Å². The van der Waals surface area contributed by atoms with Crippen LogP contribution in [0.2, 0.25) is 0 Å². The van der Waals surface area contributed by atoms with E-state index in [9.17, 15) is 0 Å². The average Bonchev–Trinajstić information content (AvgIpc) is 2.74. The van der Waals surface area contributed by atoms with Crippen LogP contribution in [-0.4, -0.2) is 0 Å². The summed E-state index contributed by atoms with van der Waals surface area (Å²) in [5, 5.41) is 0. The zero-order chi connectivity index (χ0) is 18.6. The minimum atomic E-state index is 1.14. The van der Waals surface area contributed by atoms with Gasteiger partial charge >= 0.3 is 0 Å². The first-order chi connectivity index (χ1) is 13.2. The van der Waals surface area contributed by atoms with Crippen molar-refractivity contribution in [3.8, 4) is 33.4 Å². The molecule has 0 radical (unpaired) electrons. The standard InChI is InChI=1S/C27H22/c1-3-21-13-15-22(16-14-21)24-9-5-11-26(18-24)27-12-6-10-25(19-27)23-8-4-7-20(2)17-23/h3-19H,1H2,2H3. The second kappa shape index (κ2) is 7.47. The molecule has 0 spiro atoms. The molecule has 0 bridgehead atoms. The van der Waals surface area contributed by atoms with Crippen LogP contribution in [0, 0.1) is 6.92 Å². The molecule has 0 nitrogen and oxygen atoms in total. The maximum absolute atomic E-state index is 3.83. The molecule has 0 unspecified atom stereocenters. The summed E-state index contributed by atoms with van der Waals surface area (Å²) in [5.41, 5.74) is 9.84. The molecule has 0 N–H and O–H groups in total. The minimum Gasteiger partial charge on any atom is -0.0985 e. The topological polar surface area (TPSA) is 0 Å². The van der Waals surface area contributed by atoms with Crippen LogP contribution in [0.1, 0.15) is 11.1 Å². The molecule has 0 aliphatic carbocycles. The van der Waals surface area contributed by atoms with Gasteiger partial charge in [0.2, 0.25) is 0 Å². The van der Waals surface area contributed by atoms with Crippen molar-refractivity contribution in [3.63, 3.8) is 0 Å². The third kappa shape index (κ3) is 3.75. The van der Waals surface area contributed by atoms with Crippen molar-refractivity contribution in [1.29, 1.82) is 0 Å². The van der Waals surface area contributed by atoms with E-state index in [0.29, 0.717) is 0 Å². The van der Waals surface area contributed by atoms with E-state index in [1.54, 1.807) is 0 Å². The van der Waals surface area contributed by atoms with Crippen LogP contribution >= 0.6 is 0 Å². The van der Waals surface area contributed by atoms with Crippen LogP contribution in [0.4, 0.5) is 0 Å². The van der Waals surface area contributed by atoms with Crippen molar-refractivity contribution < 1.29 is 0 Å². The van der Waals surface area contributed by atoms with Crippen molar-refractivity contribution >= 4 is 6.08 Å². The van der Waals surface area contributed by atoms with Crippen LogP contribution in [0.5, 0.6) is 0 Å². The predicted octanol–water partition coefficient (Wildman–Crippen LogP) is 7.64. The zero-order valence-corrected chi connectivity index (χ0v) is 15.5. The first-order valence-corrected chi connectivity index (χ1v) is 9.23. The summed E-state index contributed by atoms with van der Waals surface area (Å²) in [6.07, 6.45) is 1.87. The van der Waals surface area contributed by atoms with Crippen LogP contribution in [-0.2, 0) is 0 Å². The molecule has 4 rings (SSSR count). The SMILES string of the molecule is C=Cc1ccc(-c2cccc(-c3cccc(-c4cccc(C)c4)c3)c2)cc1. The first-order valence-electron chi connectivity index (χ1n) is 9.23. The Hall–Kier alpha value is -3.38. The summed E-state index contributed by atoms with van der Waals surface area (Å²) < 4.78 is 0. The lowest BCUT2D eigenvalue weighted by atomic mass is 9.95. The van der Waals surface area contributed by atoms with Gasteiger partial charge in [0.15, 0.2) is 0 Å². The molecule has 0 saturated carbocycles. The van der Waals surface area contributed by atoms with Crippen molar-refractivity contribution in [3.05, 3.63) is 115 Å². The van der Waals surface area contributed by atoms with Crippen LogP contribution in [0.3, 0.4) is 0 Å². The number of aryl methyl sites for hydroxylation is 1. The molecule has 0 aliphatic rings. The van der Waals surface area contributed by atoms with Gasteiger partial charge in [0, 0.05) is 0 Å². The molecule has 4 aromatic rings. The Morgan fingerprint density at radius 1 is 0.519 bits per heavy atom. The Labute approximate surface area is 161 Å². The van der Waals surface area contributed by atoms with E-state index in [1.807, 2.05) is 6.08 Å². The number of benzene rings is 4. The lowest BCUT2D eigenvalue weighted by Gasteiger charge is -2.09. The van der Waals surface area contributed by atoms with E-state index >= 15 is 0 Å². The monoisotopic (exact) mass is 346 g/mol. The van der Waals surface area contributed by atoms with Gasteiger partial charge in [-0.05, 0) is 58.0 Å². The fourth-order valence-corrected chi connectivity index (χ4v) is 3.39. The largest absolute Gasteiger partial charge is 0.0985 e. The zero-order valence-electron chi connectivity index (χ0n) is 15.5. The molecule has 0 amide bonds. The third-order valence-electron chi connectivity index (χ3n) is 4.89. The summed E-state index contributed by atoms with van der Waals surface area (Å²) in [5.74, 6) is 0. The smallest absolute Gasteiger partial charge is 0.0178 e. The summed E-state index contributed by atoms with van der Waals surface area (Å²) in [6.45, 7) is 5.96. The molecule has 130 valence electrons. The molecule has 0 aromatic heterocycles. The van der Waals surface area contributed by atoms with E-state index in [-0.39, 0.29) is 0 Å². The van der Waals surface area contributed by atoms with Gasteiger partial charge in [-0.1, -0.05) is 103 Å². The van der Waals surface area contributed by atoms with Gasteiger partial charge in [-0.3, -0.25) is 0 Å². The van der Waals surface area contributed by atoms with Gasteiger partial charge in [0.1, 0.15) is 0 Å². The highest BCUT2D eigenvalue weighted by Gasteiger charge is 2.04. The fraction of sp³-hybridized carbons (Fsp3) is 0.0370. The van der Waals surface area contributed by atoms with Gasteiger partial charge in [-0.15, -0.1) is 0 Å². The fourth-order valence-electron chi connectivity index (χ4n) is 3.39. The van der Waals surface area contributed by atoms with Gasteiger partial charge in [-0.2, -0.15) is 0 Å². The van der Waals surface area contributed by atoms with Crippen molar-refractivity contribution in [1.82, 2.24) is 0 Å². The molecule has 0 fully saturated rings. The summed E-state index contributed by atoms with van der Waals surface area (Å²) in [4.78, 5) is 0. The second-order valence-corrected chi connectivity index (χ2v) is 6.86. The van der Waals surface area contributed by atoms with E-state index in [4.69, 9.17) is 0 Å². The Bertz CT molecular complexity index is 1080. The van der Waals surface area contributed by atoms with Gasteiger partial charge in [0.25, 0.3) is 0 Å². The highest BCUT2D eigenvalue weighted by atomic mass is 14.1. The van der Waals surface area contributed by atoms with E-state index in [2.05, 4.69) is 111 Å². The highest BCUT2D eigenvalue weighted by molar-refractivity contribution is 5.77. The first kappa shape index (κ1) is 17.1. The van der Waals surface area contributed by atoms with Crippen LogP contribution < -0.4 is 0 Å². The second-order valence-electron chi connectivity index (χ2n) is 6.86. The molecule has 0 saturated heterocycles. The summed E-state index contributed by atoms with van der Waals surface area (Å²) in [6, 6.07) is 34.7. The number of rotatable bonds is 4. The van der Waals surface area contributed by atoms with Crippen molar-refractivity contribution in [2.75, 3.05) is 0 Å². The Morgan fingerprint density at radius 3 is 1.44 bits per heavy atom. The molecular weight excluding hydrogens is 324 g/mol. The quantitative estimate of drug-likeness (QED) is 0.356. The van der Waals surface area contributed by atoms with E-state index < -0.39 is 0 Å². The normalized spacial score (nSPS) is 10.6.